The number of hydrogen-bond donors (Lipinski definition) is 5. The minimum atomic E-state index is -4.72. The topological polar surface area (TPSA) is 238 Å². The molecule has 4 atom stereocenters. The van der Waals surface area contributed by atoms with Crippen molar-refractivity contribution in [1.82, 2.24) is 4.90 Å². The molecule has 0 heterocycles. The van der Waals surface area contributed by atoms with E-state index in [1.54, 1.807) is 0 Å². The second kappa shape index (κ2) is 42.5. The van der Waals surface area contributed by atoms with E-state index in [-0.39, 0.29) is 32.5 Å². The van der Waals surface area contributed by atoms with E-state index in [1.165, 1.54) is 141 Å². The zero-order valence-corrected chi connectivity index (χ0v) is 40.6. The number of primary amides is 1. The van der Waals surface area contributed by atoms with Gasteiger partial charge in [-0.05, 0) is 25.7 Å². The molecule has 0 rings (SSSR count). The second-order valence-corrected chi connectivity index (χ2v) is 18.7. The van der Waals surface area contributed by atoms with Crippen LogP contribution in [0.15, 0.2) is 0 Å². The molecule has 0 aromatic rings. The number of nitrogens with two attached hydrogens (primary N) is 2. The molecule has 0 aromatic heterocycles. The lowest BCUT2D eigenvalue weighted by Gasteiger charge is -2.31. The Morgan fingerprint density at radius 1 is 0.571 bits per heavy atom. The predicted octanol–water partition coefficient (Wildman–Crippen LogP) is 10.2. The Morgan fingerprint density at radius 2 is 1.00 bits per heavy atom. The lowest BCUT2D eigenvalue weighted by molar-refractivity contribution is -0.152. The molecule has 0 aliphatic carbocycles. The van der Waals surface area contributed by atoms with Gasteiger partial charge in [-0.3, -0.25) is 23.4 Å². The van der Waals surface area contributed by atoms with Gasteiger partial charge in [0.2, 0.25) is 11.8 Å². The van der Waals surface area contributed by atoms with Crippen molar-refractivity contribution in [3.05, 3.63) is 0 Å². The van der Waals surface area contributed by atoms with Crippen LogP contribution in [0.5, 0.6) is 0 Å². The zero-order chi connectivity index (χ0) is 46.8. The lowest BCUT2D eigenvalue weighted by Crippen LogP contribution is -2.53. The Kier molecular flexibility index (Phi) is 41.1. The van der Waals surface area contributed by atoms with Gasteiger partial charge in [0.05, 0.1) is 25.9 Å². The van der Waals surface area contributed by atoms with Crippen molar-refractivity contribution >= 4 is 31.6 Å². The maximum Gasteiger partial charge on any atom is 0.472 e. The second-order valence-electron chi connectivity index (χ2n) is 17.3. The van der Waals surface area contributed by atoms with E-state index in [0.29, 0.717) is 13.2 Å². The van der Waals surface area contributed by atoms with Crippen LogP contribution in [0.3, 0.4) is 0 Å². The molecular formula is C47H92N3O12P. The number of carboxylic acid groups (broad SMARTS) is 2. The first-order chi connectivity index (χ1) is 30.3. The molecule has 63 heavy (non-hydrogen) atoms. The molecule has 0 aliphatic heterocycles. The van der Waals surface area contributed by atoms with Crippen molar-refractivity contribution in [3.8, 4) is 0 Å². The average Bonchev–Trinajstić information content (AvgIpc) is 3.24. The number of carbonyl (C=O) groups is 4. The first-order valence-electron chi connectivity index (χ1n) is 24.9. The number of hydrogen-bond acceptors (Lipinski definition) is 10. The summed E-state index contributed by atoms with van der Waals surface area (Å²) in [5, 5.41) is 18.9. The lowest BCUT2D eigenvalue weighted by atomic mass is 10.0. The van der Waals surface area contributed by atoms with Gasteiger partial charge < -0.3 is 40.9 Å². The molecule has 0 fully saturated rings. The van der Waals surface area contributed by atoms with Crippen molar-refractivity contribution in [1.29, 1.82) is 0 Å². The minimum absolute atomic E-state index is 0.160. The van der Waals surface area contributed by atoms with Gasteiger partial charge in [0.25, 0.3) is 0 Å². The summed E-state index contributed by atoms with van der Waals surface area (Å²) in [7, 11) is -4.72. The number of nitrogens with zero attached hydrogens (tertiary/aromatic N) is 1. The summed E-state index contributed by atoms with van der Waals surface area (Å²) >= 11 is 0. The summed E-state index contributed by atoms with van der Waals surface area (Å²) in [6.07, 6.45) is 32.9. The SMILES string of the molecule is CCCCCCCCCCCCCCCCOCC(COP(=O)(O)OCCN(C(=O)[C@@H](N)CCC(=O)O)[C@@H](CCC(N)=O)C(=O)O)OCCCCCCCCCCCCCCCC. The van der Waals surface area contributed by atoms with Crippen LogP contribution < -0.4 is 11.5 Å². The van der Waals surface area contributed by atoms with E-state index >= 15 is 0 Å². The fraction of sp³-hybridized carbons (Fsp3) is 0.915. The molecular weight excluding hydrogens is 829 g/mol. The third-order valence-electron chi connectivity index (χ3n) is 11.4. The monoisotopic (exact) mass is 922 g/mol. The van der Waals surface area contributed by atoms with Crippen molar-refractivity contribution in [2.75, 3.05) is 39.6 Å². The highest BCUT2D eigenvalue weighted by molar-refractivity contribution is 7.47. The fourth-order valence-electron chi connectivity index (χ4n) is 7.50. The van der Waals surface area contributed by atoms with E-state index in [0.717, 1.165) is 43.4 Å². The Hall–Kier alpha value is -2.13. The van der Waals surface area contributed by atoms with Gasteiger partial charge in [-0.25, -0.2) is 9.36 Å². The van der Waals surface area contributed by atoms with Crippen molar-refractivity contribution in [3.63, 3.8) is 0 Å². The Labute approximate surface area is 381 Å². The van der Waals surface area contributed by atoms with Crippen LogP contribution in [-0.4, -0.2) is 102 Å². The van der Waals surface area contributed by atoms with Crippen molar-refractivity contribution in [2.45, 2.75) is 238 Å². The summed E-state index contributed by atoms with van der Waals surface area (Å²) < 4.78 is 35.4. The van der Waals surface area contributed by atoms with Crippen LogP contribution in [0.25, 0.3) is 0 Å². The number of carbonyl (C=O) groups excluding carboxylic acids is 2. The zero-order valence-electron chi connectivity index (χ0n) is 39.7. The highest BCUT2D eigenvalue weighted by Crippen LogP contribution is 2.43. The van der Waals surface area contributed by atoms with Crippen LogP contribution in [0.1, 0.15) is 219 Å². The molecule has 0 aromatic carbocycles. The number of rotatable bonds is 49. The number of phosphoric acid groups is 1. The number of phosphoric ester groups is 1. The van der Waals surface area contributed by atoms with Gasteiger partial charge in [-0.15, -0.1) is 0 Å². The van der Waals surface area contributed by atoms with Gasteiger partial charge in [0.15, 0.2) is 0 Å². The average molecular weight is 922 g/mol. The number of carboxylic acids is 2. The molecule has 2 unspecified atom stereocenters. The van der Waals surface area contributed by atoms with Crippen LogP contribution in [0.2, 0.25) is 0 Å². The van der Waals surface area contributed by atoms with Crippen molar-refractivity contribution in [2.24, 2.45) is 11.5 Å². The fourth-order valence-corrected chi connectivity index (χ4v) is 8.24. The number of amides is 2. The van der Waals surface area contributed by atoms with E-state index in [2.05, 4.69) is 13.8 Å². The van der Waals surface area contributed by atoms with Gasteiger partial charge in [0.1, 0.15) is 12.1 Å². The Bertz CT molecular complexity index is 1180. The molecule has 0 spiro atoms. The van der Waals surface area contributed by atoms with Gasteiger partial charge in [-0.1, -0.05) is 181 Å². The summed E-state index contributed by atoms with van der Waals surface area (Å²) in [5.74, 6) is -4.38. The highest BCUT2D eigenvalue weighted by Gasteiger charge is 2.34. The molecule has 0 bridgehead atoms. The quantitative estimate of drug-likeness (QED) is 0.0282. The third-order valence-corrected chi connectivity index (χ3v) is 12.4. The van der Waals surface area contributed by atoms with Crippen LogP contribution in [0, 0.1) is 0 Å². The Balaban J connectivity index is 4.97. The maximum absolute atomic E-state index is 13.2. The number of unbranched alkanes of at least 4 members (excludes halogenated alkanes) is 26. The highest BCUT2D eigenvalue weighted by atomic mass is 31.2. The molecule has 0 saturated heterocycles. The molecule has 0 saturated carbocycles. The van der Waals surface area contributed by atoms with Crippen LogP contribution >= 0.6 is 7.82 Å². The molecule has 2 amide bonds. The van der Waals surface area contributed by atoms with Gasteiger partial charge >= 0.3 is 19.8 Å². The molecule has 7 N–H and O–H groups in total. The maximum atomic E-state index is 13.2. The minimum Gasteiger partial charge on any atom is -0.481 e. The predicted molar refractivity (Wildman–Crippen MR) is 249 cm³/mol. The van der Waals surface area contributed by atoms with Gasteiger partial charge in [0, 0.05) is 32.6 Å². The standard InChI is InChI=1S/C47H92N3O12P/c1-3-5-7-9-11-13-15-17-19-21-23-25-27-29-36-59-39-41(60-37-30-28-26-24-22-20-18-16-14-12-10-8-6-4-2)40-62-63(57,58)61-38-35-50(43(47(55)56)32-33-44(49)51)46(54)42(48)31-34-45(52)53/h41-43H,3-40,48H2,1-2H3,(H2,49,51)(H,52,53)(H,55,56)(H,57,58)/t41?,42-,43-/m0/s1. The smallest absolute Gasteiger partial charge is 0.472 e. The van der Waals surface area contributed by atoms with Crippen molar-refractivity contribution < 1.29 is 57.4 Å². The summed E-state index contributed by atoms with van der Waals surface area (Å²) in [5.41, 5.74) is 11.1. The first kappa shape index (κ1) is 60.9. The van der Waals surface area contributed by atoms with E-state index in [9.17, 15) is 33.7 Å². The molecule has 372 valence electrons. The first-order valence-corrected chi connectivity index (χ1v) is 26.4. The summed E-state index contributed by atoms with van der Waals surface area (Å²) in [4.78, 5) is 59.1. The molecule has 0 radical (unpaired) electrons. The van der Waals surface area contributed by atoms with Gasteiger partial charge in [-0.2, -0.15) is 0 Å². The third kappa shape index (κ3) is 38.8. The normalized spacial score (nSPS) is 14.0. The van der Waals surface area contributed by atoms with E-state index < -0.39 is 69.3 Å². The van der Waals surface area contributed by atoms with Crippen LogP contribution in [-0.2, 0) is 42.3 Å². The van der Waals surface area contributed by atoms with E-state index in [1.807, 2.05) is 0 Å². The molecule has 0 aliphatic rings. The molecule has 16 heteroatoms. The molecule has 15 nitrogen and oxygen atoms in total. The Morgan fingerprint density at radius 3 is 1.41 bits per heavy atom. The number of aliphatic carboxylic acids is 2. The number of ether oxygens (including phenoxy) is 2. The largest absolute Gasteiger partial charge is 0.481 e. The van der Waals surface area contributed by atoms with Crippen LogP contribution in [0.4, 0.5) is 0 Å². The summed E-state index contributed by atoms with van der Waals surface area (Å²) in [6.45, 7) is 4.19. The summed E-state index contributed by atoms with van der Waals surface area (Å²) in [6, 6.07) is -2.95. The van der Waals surface area contributed by atoms with E-state index in [4.69, 9.17) is 35.1 Å².